The predicted molar refractivity (Wildman–Crippen MR) is 64.2 cm³/mol. The molecule has 0 spiro atoms. The first-order valence-electron chi connectivity index (χ1n) is 6.10. The van der Waals surface area contributed by atoms with Crippen molar-refractivity contribution in [2.24, 2.45) is 5.92 Å². The zero-order valence-electron chi connectivity index (χ0n) is 10.1. The van der Waals surface area contributed by atoms with Crippen LogP contribution in [0.4, 0.5) is 0 Å². The third kappa shape index (κ3) is 2.66. The number of nitrogens with zero attached hydrogens (tertiary/aromatic N) is 2. The smallest absolute Gasteiger partial charge is 0.330 e. The maximum atomic E-state index is 12.0. The Hall–Kier alpha value is -1.36. The van der Waals surface area contributed by atoms with Gasteiger partial charge in [-0.25, -0.2) is 4.79 Å². The molecule has 2 rings (SSSR count). The van der Waals surface area contributed by atoms with Crippen LogP contribution >= 0.6 is 0 Å². The summed E-state index contributed by atoms with van der Waals surface area (Å²) in [4.78, 5) is 23.7. The van der Waals surface area contributed by atoms with Crippen LogP contribution < -0.4 is 11.2 Å². The normalized spacial score (nSPS) is 17.2. The molecular formula is C12H18N2O3. The van der Waals surface area contributed by atoms with Gasteiger partial charge in [0.25, 0.3) is 5.56 Å². The summed E-state index contributed by atoms with van der Waals surface area (Å²) in [7, 11) is 0. The fourth-order valence-electron chi connectivity index (χ4n) is 2.15. The van der Waals surface area contributed by atoms with E-state index in [1.165, 1.54) is 10.6 Å². The predicted octanol–water partition coefficient (Wildman–Crippen LogP) is 0.456. The number of ether oxygens (including phenoxy) is 1. The average molecular weight is 238 g/mol. The molecule has 5 nitrogen and oxygen atoms in total. The van der Waals surface area contributed by atoms with E-state index in [1.54, 1.807) is 10.8 Å². The zero-order valence-corrected chi connectivity index (χ0v) is 10.1. The van der Waals surface area contributed by atoms with Gasteiger partial charge in [-0.3, -0.25) is 9.36 Å². The lowest BCUT2D eigenvalue weighted by molar-refractivity contribution is 0.0604. The van der Waals surface area contributed by atoms with Gasteiger partial charge in [-0.2, -0.15) is 0 Å². The van der Waals surface area contributed by atoms with Crippen LogP contribution in [0.2, 0.25) is 0 Å². The topological polar surface area (TPSA) is 53.2 Å². The molecule has 0 saturated carbocycles. The van der Waals surface area contributed by atoms with Crippen molar-refractivity contribution in [2.75, 3.05) is 13.2 Å². The molecule has 1 aromatic heterocycles. The number of rotatable bonds is 3. The summed E-state index contributed by atoms with van der Waals surface area (Å²) in [5, 5.41) is 0. The highest BCUT2D eigenvalue weighted by Crippen LogP contribution is 2.15. The second kappa shape index (κ2) is 5.31. The van der Waals surface area contributed by atoms with E-state index in [0.29, 0.717) is 19.0 Å². The maximum absolute atomic E-state index is 12.0. The van der Waals surface area contributed by atoms with Crippen molar-refractivity contribution in [1.29, 1.82) is 0 Å². The fraction of sp³-hybridized carbons (Fsp3) is 0.667. The molecule has 1 saturated heterocycles. The molecule has 0 radical (unpaired) electrons. The number of aromatic nitrogens is 2. The van der Waals surface area contributed by atoms with E-state index in [0.717, 1.165) is 26.1 Å². The molecular weight excluding hydrogens is 220 g/mol. The first-order valence-corrected chi connectivity index (χ1v) is 6.10. The summed E-state index contributed by atoms with van der Waals surface area (Å²) in [6.45, 7) is 4.46. The van der Waals surface area contributed by atoms with Crippen molar-refractivity contribution in [3.05, 3.63) is 33.1 Å². The summed E-state index contributed by atoms with van der Waals surface area (Å²) in [5.74, 6) is 0.377. The van der Waals surface area contributed by atoms with Crippen LogP contribution in [0.3, 0.4) is 0 Å². The fourth-order valence-corrected chi connectivity index (χ4v) is 2.15. The van der Waals surface area contributed by atoms with E-state index in [2.05, 4.69) is 0 Å². The molecule has 0 amide bonds. The lowest BCUT2D eigenvalue weighted by Gasteiger charge is -2.22. The van der Waals surface area contributed by atoms with Gasteiger partial charge in [0.05, 0.1) is 0 Å². The van der Waals surface area contributed by atoms with Crippen molar-refractivity contribution in [3.63, 3.8) is 0 Å². The Morgan fingerprint density at radius 2 is 2.06 bits per heavy atom. The van der Waals surface area contributed by atoms with Gasteiger partial charge in [-0.1, -0.05) is 0 Å². The van der Waals surface area contributed by atoms with Gasteiger partial charge in [0, 0.05) is 38.6 Å². The summed E-state index contributed by atoms with van der Waals surface area (Å²) < 4.78 is 8.18. The van der Waals surface area contributed by atoms with Crippen LogP contribution in [-0.4, -0.2) is 22.3 Å². The molecule has 0 unspecified atom stereocenters. The second-order valence-electron chi connectivity index (χ2n) is 4.39. The van der Waals surface area contributed by atoms with Gasteiger partial charge < -0.3 is 9.30 Å². The summed E-state index contributed by atoms with van der Waals surface area (Å²) >= 11 is 0. The molecule has 0 atom stereocenters. The van der Waals surface area contributed by atoms with Crippen molar-refractivity contribution in [3.8, 4) is 0 Å². The van der Waals surface area contributed by atoms with Crippen LogP contribution in [-0.2, 0) is 17.8 Å². The molecule has 94 valence electrons. The summed E-state index contributed by atoms with van der Waals surface area (Å²) in [6, 6.07) is 1.46. The third-order valence-electron chi connectivity index (χ3n) is 3.26. The van der Waals surface area contributed by atoms with Crippen LogP contribution in [0.1, 0.15) is 19.8 Å². The molecule has 2 heterocycles. The summed E-state index contributed by atoms with van der Waals surface area (Å²) in [5.41, 5.74) is -0.405. The average Bonchev–Trinajstić information content (AvgIpc) is 2.36. The van der Waals surface area contributed by atoms with E-state index in [1.807, 2.05) is 6.92 Å². The minimum absolute atomic E-state index is 0.202. The quantitative estimate of drug-likeness (QED) is 0.768. The lowest BCUT2D eigenvalue weighted by Crippen LogP contribution is -2.41. The Bertz CT molecular complexity index is 483. The van der Waals surface area contributed by atoms with Crippen LogP contribution in [0.15, 0.2) is 21.9 Å². The monoisotopic (exact) mass is 238 g/mol. The van der Waals surface area contributed by atoms with E-state index in [4.69, 9.17) is 4.74 Å². The third-order valence-corrected chi connectivity index (χ3v) is 3.26. The van der Waals surface area contributed by atoms with Gasteiger partial charge in [0.1, 0.15) is 0 Å². The molecule has 0 aliphatic carbocycles. The lowest BCUT2D eigenvalue weighted by atomic mass is 10.0. The van der Waals surface area contributed by atoms with E-state index >= 15 is 0 Å². The Morgan fingerprint density at radius 1 is 1.35 bits per heavy atom. The highest BCUT2D eigenvalue weighted by Gasteiger charge is 2.16. The number of hydrogen-bond donors (Lipinski definition) is 0. The van der Waals surface area contributed by atoms with Gasteiger partial charge >= 0.3 is 5.69 Å². The Kier molecular flexibility index (Phi) is 3.78. The Morgan fingerprint density at radius 3 is 2.71 bits per heavy atom. The van der Waals surface area contributed by atoms with Crippen LogP contribution in [0, 0.1) is 5.92 Å². The number of hydrogen-bond acceptors (Lipinski definition) is 3. The van der Waals surface area contributed by atoms with Gasteiger partial charge in [-0.15, -0.1) is 0 Å². The van der Waals surface area contributed by atoms with E-state index in [9.17, 15) is 9.59 Å². The molecule has 1 aromatic rings. The van der Waals surface area contributed by atoms with E-state index in [-0.39, 0.29) is 11.2 Å². The first kappa shape index (κ1) is 12.1. The highest BCUT2D eigenvalue weighted by molar-refractivity contribution is 4.87. The van der Waals surface area contributed by atoms with Crippen molar-refractivity contribution >= 4 is 0 Å². The Labute approximate surface area is 99.6 Å². The highest BCUT2D eigenvalue weighted by atomic mass is 16.5. The number of aryl methyl sites for hydroxylation is 1. The SMILES string of the molecule is CCn1ccc(=O)n(CC2CCOCC2)c1=O. The van der Waals surface area contributed by atoms with Crippen LogP contribution in [0.25, 0.3) is 0 Å². The molecule has 5 heteroatoms. The minimum atomic E-state index is -0.203. The second-order valence-corrected chi connectivity index (χ2v) is 4.39. The molecule has 0 bridgehead atoms. The van der Waals surface area contributed by atoms with Gasteiger partial charge in [0.15, 0.2) is 0 Å². The van der Waals surface area contributed by atoms with Gasteiger partial charge in [0.2, 0.25) is 0 Å². The molecule has 1 aliphatic rings. The molecule has 17 heavy (non-hydrogen) atoms. The van der Waals surface area contributed by atoms with Crippen molar-refractivity contribution in [2.45, 2.75) is 32.9 Å². The molecule has 1 aliphatic heterocycles. The standard InChI is InChI=1S/C12H18N2O3/c1-2-13-6-3-11(15)14(12(13)16)9-10-4-7-17-8-5-10/h3,6,10H,2,4-5,7-9H2,1H3. The maximum Gasteiger partial charge on any atom is 0.330 e. The minimum Gasteiger partial charge on any atom is -0.381 e. The zero-order chi connectivity index (χ0) is 12.3. The largest absolute Gasteiger partial charge is 0.381 e. The first-order chi connectivity index (χ1) is 8.22. The molecule has 1 fully saturated rings. The van der Waals surface area contributed by atoms with Crippen molar-refractivity contribution in [1.82, 2.24) is 9.13 Å². The van der Waals surface area contributed by atoms with E-state index < -0.39 is 0 Å². The Balaban J connectivity index is 2.25. The summed E-state index contributed by atoms with van der Waals surface area (Å²) in [6.07, 6.45) is 3.41. The van der Waals surface area contributed by atoms with Crippen molar-refractivity contribution < 1.29 is 4.74 Å². The molecule has 0 aromatic carbocycles. The van der Waals surface area contributed by atoms with Gasteiger partial charge in [-0.05, 0) is 25.7 Å². The van der Waals surface area contributed by atoms with Crippen LogP contribution in [0.5, 0.6) is 0 Å². The molecule has 0 N–H and O–H groups in total.